The van der Waals surface area contributed by atoms with E-state index >= 15 is 4.39 Å². The second-order valence-corrected chi connectivity index (χ2v) is 9.56. The number of ether oxygens (including phenoxy) is 2. The molecule has 0 radical (unpaired) electrons. The van der Waals surface area contributed by atoms with Gasteiger partial charge in [-0.3, -0.25) is 4.57 Å². The highest BCUT2D eigenvalue weighted by molar-refractivity contribution is 5.97. The molecule has 1 N–H and O–H groups in total. The number of nitrogens with zero attached hydrogens (tertiary/aromatic N) is 3. The zero-order chi connectivity index (χ0) is 25.2. The molecule has 1 heterocycles. The van der Waals surface area contributed by atoms with Crippen molar-refractivity contribution in [2.75, 3.05) is 6.61 Å². The van der Waals surface area contributed by atoms with E-state index in [1.54, 1.807) is 61.7 Å². The van der Waals surface area contributed by atoms with Crippen molar-refractivity contribution in [3.05, 3.63) is 70.8 Å². The van der Waals surface area contributed by atoms with Crippen LogP contribution in [-0.4, -0.2) is 39.2 Å². The van der Waals surface area contributed by atoms with Crippen LogP contribution in [-0.2, 0) is 11.3 Å². The average molecular weight is 480 g/mol. The summed E-state index contributed by atoms with van der Waals surface area (Å²) in [7, 11) is 0. The molecular formula is C27H30FN3O4. The maximum absolute atomic E-state index is 15.4. The van der Waals surface area contributed by atoms with Gasteiger partial charge in [0.1, 0.15) is 11.4 Å². The van der Waals surface area contributed by atoms with E-state index < -0.39 is 17.4 Å². The third-order valence-corrected chi connectivity index (χ3v) is 5.66. The number of aromatic nitrogens is 2. The Kier molecular flexibility index (Phi) is 6.91. The Morgan fingerprint density at radius 1 is 1.26 bits per heavy atom. The summed E-state index contributed by atoms with van der Waals surface area (Å²) in [6.07, 6.45) is 3.34. The van der Waals surface area contributed by atoms with Gasteiger partial charge in [-0.2, -0.15) is 4.98 Å². The topological polar surface area (TPSA) is 85.9 Å². The van der Waals surface area contributed by atoms with Gasteiger partial charge in [-0.1, -0.05) is 35.5 Å². The molecule has 0 bridgehead atoms. The summed E-state index contributed by atoms with van der Waals surface area (Å²) >= 11 is 0. The predicted octanol–water partition coefficient (Wildman–Crippen LogP) is 5.78. The van der Waals surface area contributed by atoms with Gasteiger partial charge in [-0.05, 0) is 63.8 Å². The minimum atomic E-state index is -0.642. The summed E-state index contributed by atoms with van der Waals surface area (Å²) in [5.41, 5.74) is 2.71. The maximum atomic E-state index is 15.4. The molecule has 4 rings (SSSR count). The molecule has 0 amide bonds. The number of carbonyl (C=O) groups excluding carboxylic acids is 1. The van der Waals surface area contributed by atoms with Crippen molar-refractivity contribution in [2.24, 2.45) is 5.16 Å². The van der Waals surface area contributed by atoms with Crippen molar-refractivity contribution >= 4 is 12.2 Å². The molecule has 1 aromatic heterocycles. The average Bonchev–Trinajstić information content (AvgIpc) is 3.59. The highest BCUT2D eigenvalue weighted by Crippen LogP contribution is 2.42. The van der Waals surface area contributed by atoms with Gasteiger partial charge < -0.3 is 14.7 Å². The molecule has 1 saturated carbocycles. The molecular weight excluding hydrogens is 449 g/mol. The maximum Gasteiger partial charge on any atom is 0.339 e. The first kappa shape index (κ1) is 24.4. The normalized spacial score (nSPS) is 13.9. The standard InChI is InChI=1S/C27H30FN3O4/c1-5-34-26-30-24(17-10-11-17)23(15-29-33)31(26)16-19-13-12-18(14-22(19)28)20-8-6-7-9-21(20)25(32)35-27(2,3)4/h6-9,12-15,17,33H,5,10-11,16H2,1-4H3/b29-15-. The van der Waals surface area contributed by atoms with Gasteiger partial charge in [-0.15, -0.1) is 0 Å². The highest BCUT2D eigenvalue weighted by atomic mass is 19.1. The van der Waals surface area contributed by atoms with Crippen LogP contribution < -0.4 is 4.74 Å². The summed E-state index contributed by atoms with van der Waals surface area (Å²) in [6, 6.07) is 12.2. The fraction of sp³-hybridized carbons (Fsp3) is 0.370. The van der Waals surface area contributed by atoms with Gasteiger partial charge in [-0.25, -0.2) is 9.18 Å². The van der Waals surface area contributed by atoms with Crippen molar-refractivity contribution in [1.29, 1.82) is 0 Å². The minimum absolute atomic E-state index is 0.149. The number of hydrogen-bond donors (Lipinski definition) is 1. The molecule has 0 unspecified atom stereocenters. The van der Waals surface area contributed by atoms with Crippen molar-refractivity contribution < 1.29 is 23.9 Å². The zero-order valence-electron chi connectivity index (χ0n) is 20.4. The number of hydrogen-bond acceptors (Lipinski definition) is 6. The third-order valence-electron chi connectivity index (χ3n) is 5.66. The second kappa shape index (κ2) is 9.90. The first-order chi connectivity index (χ1) is 16.7. The molecule has 1 aliphatic carbocycles. The number of imidazole rings is 1. The third kappa shape index (κ3) is 5.53. The van der Waals surface area contributed by atoms with Gasteiger partial charge in [0.2, 0.25) is 0 Å². The van der Waals surface area contributed by atoms with E-state index in [1.165, 1.54) is 12.3 Å². The fourth-order valence-electron chi connectivity index (χ4n) is 3.96. The quantitative estimate of drug-likeness (QED) is 0.192. The van der Waals surface area contributed by atoms with Gasteiger partial charge in [0.05, 0.1) is 36.3 Å². The molecule has 1 aliphatic rings. The van der Waals surface area contributed by atoms with Crippen LogP contribution in [0, 0.1) is 5.82 Å². The highest BCUT2D eigenvalue weighted by Gasteiger charge is 2.32. The lowest BCUT2D eigenvalue weighted by atomic mass is 9.98. The lowest BCUT2D eigenvalue weighted by Crippen LogP contribution is -2.24. The number of halogens is 1. The summed E-state index contributed by atoms with van der Waals surface area (Å²) < 4.78 is 28.3. The van der Waals surface area contributed by atoms with Crippen molar-refractivity contribution in [1.82, 2.24) is 9.55 Å². The Hall–Kier alpha value is -3.68. The van der Waals surface area contributed by atoms with E-state index in [0.717, 1.165) is 18.5 Å². The summed E-state index contributed by atoms with van der Waals surface area (Å²) in [5, 5.41) is 12.4. The van der Waals surface area contributed by atoms with Gasteiger partial charge in [0.25, 0.3) is 6.01 Å². The Labute approximate surface area is 204 Å². The first-order valence-electron chi connectivity index (χ1n) is 11.7. The second-order valence-electron chi connectivity index (χ2n) is 9.56. The smallest absolute Gasteiger partial charge is 0.339 e. The van der Waals surface area contributed by atoms with Crippen LogP contribution in [0.15, 0.2) is 47.6 Å². The number of rotatable bonds is 8. The minimum Gasteiger partial charge on any atom is -0.465 e. The summed E-state index contributed by atoms with van der Waals surface area (Å²) in [4.78, 5) is 17.3. The van der Waals surface area contributed by atoms with E-state index in [9.17, 15) is 10.0 Å². The summed E-state index contributed by atoms with van der Waals surface area (Å²) in [5.74, 6) is -0.601. The molecule has 3 aromatic rings. The van der Waals surface area contributed by atoms with Crippen molar-refractivity contribution in [3.8, 4) is 17.1 Å². The Morgan fingerprint density at radius 2 is 2.00 bits per heavy atom. The Morgan fingerprint density at radius 3 is 2.63 bits per heavy atom. The molecule has 0 aliphatic heterocycles. The Balaban J connectivity index is 1.68. The lowest BCUT2D eigenvalue weighted by molar-refractivity contribution is 0.00704. The lowest BCUT2D eigenvalue weighted by Gasteiger charge is -2.20. The van der Waals surface area contributed by atoms with Gasteiger partial charge in [0.15, 0.2) is 0 Å². The zero-order valence-corrected chi connectivity index (χ0v) is 20.4. The van der Waals surface area contributed by atoms with Crippen LogP contribution in [0.1, 0.15) is 73.8 Å². The van der Waals surface area contributed by atoms with E-state index in [0.29, 0.717) is 46.5 Å². The first-order valence-corrected chi connectivity index (χ1v) is 11.7. The SMILES string of the molecule is CCOc1nc(C2CC2)c(/C=N\O)n1Cc1ccc(-c2ccccc2C(=O)OC(C)(C)C)cc1F. The number of esters is 1. The molecule has 8 heteroatoms. The number of carbonyl (C=O) groups is 1. The van der Waals surface area contributed by atoms with Gasteiger partial charge in [0, 0.05) is 11.5 Å². The van der Waals surface area contributed by atoms with E-state index in [1.807, 2.05) is 6.92 Å². The molecule has 35 heavy (non-hydrogen) atoms. The number of oxime groups is 1. The van der Waals surface area contributed by atoms with Gasteiger partial charge >= 0.3 is 5.97 Å². The predicted molar refractivity (Wildman–Crippen MR) is 131 cm³/mol. The van der Waals surface area contributed by atoms with E-state index in [-0.39, 0.29) is 6.54 Å². The van der Waals surface area contributed by atoms with Crippen LogP contribution in [0.2, 0.25) is 0 Å². The molecule has 2 aromatic carbocycles. The van der Waals surface area contributed by atoms with Crippen LogP contribution in [0.5, 0.6) is 6.01 Å². The van der Waals surface area contributed by atoms with E-state index in [4.69, 9.17) is 9.47 Å². The van der Waals surface area contributed by atoms with Crippen LogP contribution in [0.4, 0.5) is 4.39 Å². The van der Waals surface area contributed by atoms with Crippen molar-refractivity contribution in [3.63, 3.8) is 0 Å². The number of benzene rings is 2. The molecule has 7 nitrogen and oxygen atoms in total. The molecule has 184 valence electrons. The fourth-order valence-corrected chi connectivity index (χ4v) is 3.96. The van der Waals surface area contributed by atoms with Crippen LogP contribution in [0.3, 0.4) is 0 Å². The van der Waals surface area contributed by atoms with Crippen LogP contribution >= 0.6 is 0 Å². The molecule has 1 fully saturated rings. The summed E-state index contributed by atoms with van der Waals surface area (Å²) in [6.45, 7) is 7.82. The Bertz CT molecular complexity index is 1260. The molecule has 0 atom stereocenters. The van der Waals surface area contributed by atoms with Crippen molar-refractivity contribution in [2.45, 2.75) is 58.6 Å². The van der Waals surface area contributed by atoms with Crippen LogP contribution in [0.25, 0.3) is 11.1 Å². The van der Waals surface area contributed by atoms with E-state index in [2.05, 4.69) is 10.1 Å². The molecule has 0 saturated heterocycles. The largest absolute Gasteiger partial charge is 0.465 e. The monoisotopic (exact) mass is 479 g/mol. The molecule has 0 spiro atoms.